The van der Waals surface area contributed by atoms with Crippen LogP contribution in [0.1, 0.15) is 52.4 Å². The maximum absolute atomic E-state index is 12.5. The highest BCUT2D eigenvalue weighted by atomic mass is 16.4. The van der Waals surface area contributed by atoms with Gasteiger partial charge in [-0.3, -0.25) is 4.79 Å². The van der Waals surface area contributed by atoms with E-state index in [1.54, 1.807) is 0 Å². The van der Waals surface area contributed by atoms with Crippen LogP contribution < -0.4 is 0 Å². The van der Waals surface area contributed by atoms with Crippen LogP contribution in [0.25, 0.3) is 0 Å². The van der Waals surface area contributed by atoms with Crippen molar-refractivity contribution in [3.63, 3.8) is 0 Å². The average Bonchev–Trinajstić information content (AvgIpc) is 2.62. The molecule has 2 saturated heterocycles. The second-order valence-electron chi connectivity index (χ2n) is 5.69. The molecule has 0 saturated carbocycles. The third kappa shape index (κ3) is 2.82. The number of piperidine rings is 1. The third-order valence-electron chi connectivity index (χ3n) is 4.53. The van der Waals surface area contributed by atoms with E-state index in [9.17, 15) is 9.59 Å². The molecular weight excluding hydrogens is 242 g/mol. The summed E-state index contributed by atoms with van der Waals surface area (Å²) < 4.78 is 0. The van der Waals surface area contributed by atoms with Crippen LogP contribution in [0.2, 0.25) is 0 Å². The minimum absolute atomic E-state index is 0.133. The smallest absolute Gasteiger partial charge is 0.328 e. The highest BCUT2D eigenvalue weighted by molar-refractivity contribution is 5.82. The lowest BCUT2D eigenvalue weighted by atomic mass is 9.93. The van der Waals surface area contributed by atoms with Crippen molar-refractivity contribution in [2.24, 2.45) is 5.92 Å². The molecule has 2 aliphatic heterocycles. The number of carboxylic acid groups (broad SMARTS) is 1. The van der Waals surface area contributed by atoms with Crippen LogP contribution in [-0.4, -0.2) is 34.0 Å². The molecule has 2 aliphatic rings. The SMILES string of the molecule is CCC(CC)C(=O)N1C2CCC1CC(=CC(=O)O)C2. The Morgan fingerprint density at radius 2 is 1.79 bits per heavy atom. The van der Waals surface area contributed by atoms with Gasteiger partial charge < -0.3 is 10.0 Å². The number of carboxylic acids is 1. The molecule has 2 rings (SSSR count). The lowest BCUT2D eigenvalue weighted by Gasteiger charge is -2.38. The molecule has 4 nitrogen and oxygen atoms in total. The van der Waals surface area contributed by atoms with Gasteiger partial charge in [-0.1, -0.05) is 19.4 Å². The van der Waals surface area contributed by atoms with Gasteiger partial charge in [0.25, 0.3) is 0 Å². The molecule has 2 bridgehead atoms. The summed E-state index contributed by atoms with van der Waals surface area (Å²) in [4.78, 5) is 25.4. The van der Waals surface area contributed by atoms with E-state index in [0.717, 1.165) is 44.1 Å². The minimum atomic E-state index is -0.867. The van der Waals surface area contributed by atoms with Gasteiger partial charge >= 0.3 is 5.97 Å². The van der Waals surface area contributed by atoms with Gasteiger partial charge in [0.15, 0.2) is 0 Å². The van der Waals surface area contributed by atoms with E-state index in [1.165, 1.54) is 6.08 Å². The number of aliphatic carboxylic acids is 1. The Bertz CT molecular complexity index is 382. The second kappa shape index (κ2) is 5.76. The summed E-state index contributed by atoms with van der Waals surface area (Å²) in [6.07, 6.45) is 6.65. The van der Waals surface area contributed by atoms with Crippen LogP contribution in [0, 0.1) is 5.92 Å². The Morgan fingerprint density at radius 3 is 2.21 bits per heavy atom. The largest absolute Gasteiger partial charge is 0.478 e. The van der Waals surface area contributed by atoms with E-state index in [2.05, 4.69) is 18.7 Å². The zero-order valence-corrected chi connectivity index (χ0v) is 11.8. The molecule has 2 fully saturated rings. The van der Waals surface area contributed by atoms with Crippen LogP contribution >= 0.6 is 0 Å². The first kappa shape index (κ1) is 14.1. The third-order valence-corrected chi connectivity index (χ3v) is 4.53. The zero-order chi connectivity index (χ0) is 14.0. The Hall–Kier alpha value is -1.32. The molecule has 1 N–H and O–H groups in total. The number of nitrogens with zero attached hydrogens (tertiary/aromatic N) is 1. The molecule has 2 unspecified atom stereocenters. The normalized spacial score (nSPS) is 25.8. The first-order valence-electron chi connectivity index (χ1n) is 7.31. The summed E-state index contributed by atoms with van der Waals surface area (Å²) >= 11 is 0. The summed E-state index contributed by atoms with van der Waals surface area (Å²) in [6.45, 7) is 4.13. The van der Waals surface area contributed by atoms with Gasteiger partial charge in [0, 0.05) is 24.1 Å². The minimum Gasteiger partial charge on any atom is -0.478 e. The molecule has 0 aromatic rings. The molecule has 1 amide bonds. The van der Waals surface area contributed by atoms with Gasteiger partial charge in [-0.05, 0) is 38.5 Å². The molecular formula is C15H23NO3. The summed E-state index contributed by atoms with van der Waals surface area (Å²) in [6, 6.07) is 0.467. The van der Waals surface area contributed by atoms with Gasteiger partial charge in [0.2, 0.25) is 5.91 Å². The molecule has 0 spiro atoms. The van der Waals surface area contributed by atoms with Crippen LogP contribution in [-0.2, 0) is 9.59 Å². The zero-order valence-electron chi connectivity index (χ0n) is 11.8. The Kier molecular flexibility index (Phi) is 4.27. The van der Waals surface area contributed by atoms with Crippen LogP contribution in [0.15, 0.2) is 11.6 Å². The predicted molar refractivity (Wildman–Crippen MR) is 72.7 cm³/mol. The second-order valence-corrected chi connectivity index (χ2v) is 5.69. The van der Waals surface area contributed by atoms with Gasteiger partial charge in [0.05, 0.1) is 0 Å². The van der Waals surface area contributed by atoms with E-state index in [1.807, 2.05) is 0 Å². The highest BCUT2D eigenvalue weighted by Gasteiger charge is 2.42. The fourth-order valence-electron chi connectivity index (χ4n) is 3.55. The average molecular weight is 265 g/mol. The number of hydrogen-bond acceptors (Lipinski definition) is 2. The monoisotopic (exact) mass is 265 g/mol. The van der Waals surface area contributed by atoms with E-state index in [-0.39, 0.29) is 23.9 Å². The lowest BCUT2D eigenvalue weighted by Crippen LogP contribution is -2.47. The molecule has 106 valence electrons. The summed E-state index contributed by atoms with van der Waals surface area (Å²) in [5.41, 5.74) is 0.994. The number of fused-ring (bicyclic) bond motifs is 2. The number of carbonyl (C=O) groups is 2. The van der Waals surface area contributed by atoms with E-state index < -0.39 is 5.97 Å². The molecule has 19 heavy (non-hydrogen) atoms. The van der Waals surface area contributed by atoms with Gasteiger partial charge in [0.1, 0.15) is 0 Å². The fraction of sp³-hybridized carbons (Fsp3) is 0.733. The fourth-order valence-corrected chi connectivity index (χ4v) is 3.55. The molecule has 0 aliphatic carbocycles. The van der Waals surface area contributed by atoms with Crippen LogP contribution in [0.4, 0.5) is 0 Å². The van der Waals surface area contributed by atoms with Crippen molar-refractivity contribution < 1.29 is 14.7 Å². The van der Waals surface area contributed by atoms with Crippen molar-refractivity contribution >= 4 is 11.9 Å². The number of amides is 1. The quantitative estimate of drug-likeness (QED) is 0.795. The standard InChI is InChI=1S/C15H23NO3/c1-3-11(4-2)15(19)16-12-5-6-13(16)8-10(7-12)9-14(17)18/h9,11-13H,3-8H2,1-2H3,(H,17,18). The van der Waals surface area contributed by atoms with Crippen molar-refractivity contribution in [1.82, 2.24) is 4.90 Å². The number of hydrogen-bond donors (Lipinski definition) is 1. The molecule has 2 heterocycles. The van der Waals surface area contributed by atoms with Gasteiger partial charge in [-0.2, -0.15) is 0 Å². The number of carbonyl (C=O) groups excluding carboxylic acids is 1. The molecule has 2 atom stereocenters. The summed E-state index contributed by atoms with van der Waals surface area (Å²) in [7, 11) is 0. The first-order chi connectivity index (χ1) is 9.06. The predicted octanol–water partition coefficient (Wildman–Crippen LogP) is 2.59. The van der Waals surface area contributed by atoms with Crippen LogP contribution in [0.5, 0.6) is 0 Å². The van der Waals surface area contributed by atoms with E-state index in [4.69, 9.17) is 5.11 Å². The van der Waals surface area contributed by atoms with Gasteiger partial charge in [-0.25, -0.2) is 4.79 Å². The topological polar surface area (TPSA) is 57.6 Å². The summed E-state index contributed by atoms with van der Waals surface area (Å²) in [5, 5.41) is 8.84. The summed E-state index contributed by atoms with van der Waals surface area (Å²) in [5.74, 6) is -0.450. The Balaban J connectivity index is 2.11. The Morgan fingerprint density at radius 1 is 1.26 bits per heavy atom. The van der Waals surface area contributed by atoms with Crippen molar-refractivity contribution in [1.29, 1.82) is 0 Å². The van der Waals surface area contributed by atoms with Crippen molar-refractivity contribution in [3.8, 4) is 0 Å². The van der Waals surface area contributed by atoms with Crippen molar-refractivity contribution in [2.45, 2.75) is 64.5 Å². The van der Waals surface area contributed by atoms with E-state index in [0.29, 0.717) is 0 Å². The number of rotatable bonds is 4. The molecule has 4 heteroatoms. The molecule has 0 aromatic heterocycles. The van der Waals surface area contributed by atoms with Crippen LogP contribution in [0.3, 0.4) is 0 Å². The van der Waals surface area contributed by atoms with Crippen molar-refractivity contribution in [3.05, 3.63) is 11.6 Å². The highest BCUT2D eigenvalue weighted by Crippen LogP contribution is 2.39. The lowest BCUT2D eigenvalue weighted by molar-refractivity contribution is -0.139. The molecule has 0 radical (unpaired) electrons. The molecule has 0 aromatic carbocycles. The first-order valence-corrected chi connectivity index (χ1v) is 7.31. The maximum Gasteiger partial charge on any atom is 0.328 e. The van der Waals surface area contributed by atoms with Gasteiger partial charge in [-0.15, -0.1) is 0 Å². The Labute approximate surface area is 114 Å². The van der Waals surface area contributed by atoms with E-state index >= 15 is 0 Å². The maximum atomic E-state index is 12.5. The van der Waals surface area contributed by atoms with Crippen molar-refractivity contribution in [2.75, 3.05) is 0 Å².